The van der Waals surface area contributed by atoms with Crippen LogP contribution in [0.1, 0.15) is 5.56 Å². The molecule has 3 aromatic carbocycles. The number of fused-ring (bicyclic) bond motifs is 2. The smallest absolute Gasteiger partial charge is 0.277 e. The van der Waals surface area contributed by atoms with Crippen LogP contribution in [0.3, 0.4) is 0 Å². The number of hydrogen-bond acceptors (Lipinski definition) is 3. The molecule has 4 rings (SSSR count). The molecule has 0 aliphatic carbocycles. The van der Waals surface area contributed by atoms with Gasteiger partial charge in [-0.2, -0.15) is 5.10 Å². The second kappa shape index (κ2) is 7.63. The molecule has 27 heavy (non-hydrogen) atoms. The van der Waals surface area contributed by atoms with Crippen molar-refractivity contribution in [2.24, 2.45) is 5.10 Å². The number of hydrogen-bond donors (Lipinski definition) is 2. The number of H-pyrrole nitrogens is 1. The molecular formula is C21H16BrN3O2. The molecule has 0 atom stereocenters. The first-order chi connectivity index (χ1) is 13.2. The number of benzene rings is 3. The summed E-state index contributed by atoms with van der Waals surface area (Å²) in [5.74, 6) is 0.336. The predicted molar refractivity (Wildman–Crippen MR) is 111 cm³/mol. The highest BCUT2D eigenvalue weighted by atomic mass is 79.9. The highest BCUT2D eigenvalue weighted by Gasteiger charge is 2.07. The average Bonchev–Trinajstić information content (AvgIpc) is 3.11. The first-order valence-electron chi connectivity index (χ1n) is 8.40. The Kier molecular flexibility index (Phi) is 4.89. The van der Waals surface area contributed by atoms with Crippen molar-refractivity contribution in [1.29, 1.82) is 0 Å². The van der Waals surface area contributed by atoms with Gasteiger partial charge in [0.25, 0.3) is 5.91 Å². The third kappa shape index (κ3) is 3.71. The summed E-state index contributed by atoms with van der Waals surface area (Å²) in [6.45, 7) is -0.114. The van der Waals surface area contributed by atoms with Crippen LogP contribution in [-0.2, 0) is 4.79 Å². The van der Waals surface area contributed by atoms with Crippen molar-refractivity contribution < 1.29 is 9.53 Å². The zero-order valence-corrected chi connectivity index (χ0v) is 15.9. The van der Waals surface area contributed by atoms with E-state index in [9.17, 15) is 4.79 Å². The number of nitrogens with one attached hydrogen (secondary N) is 2. The van der Waals surface area contributed by atoms with Gasteiger partial charge >= 0.3 is 0 Å². The Morgan fingerprint density at radius 3 is 2.63 bits per heavy atom. The van der Waals surface area contributed by atoms with E-state index < -0.39 is 0 Å². The molecule has 0 fully saturated rings. The summed E-state index contributed by atoms with van der Waals surface area (Å²) in [6.07, 6.45) is 3.47. The first-order valence-corrected chi connectivity index (χ1v) is 9.20. The van der Waals surface area contributed by atoms with E-state index in [1.54, 1.807) is 6.21 Å². The van der Waals surface area contributed by atoms with Gasteiger partial charge in [0.05, 0.1) is 6.21 Å². The lowest BCUT2D eigenvalue weighted by atomic mass is 10.1. The Labute approximate surface area is 164 Å². The molecule has 0 spiro atoms. The Bertz CT molecular complexity index is 1150. The summed E-state index contributed by atoms with van der Waals surface area (Å²) >= 11 is 3.52. The number of carbonyl (C=O) groups is 1. The summed E-state index contributed by atoms with van der Waals surface area (Å²) in [5, 5.41) is 7.05. The van der Waals surface area contributed by atoms with E-state index in [0.717, 1.165) is 31.7 Å². The highest BCUT2D eigenvalue weighted by molar-refractivity contribution is 9.10. The third-order valence-corrected chi connectivity index (χ3v) is 4.90. The van der Waals surface area contributed by atoms with Crippen LogP contribution < -0.4 is 10.2 Å². The highest BCUT2D eigenvalue weighted by Crippen LogP contribution is 2.31. The summed E-state index contributed by atoms with van der Waals surface area (Å²) in [7, 11) is 0. The molecular weight excluding hydrogens is 406 g/mol. The molecule has 2 N–H and O–H groups in total. The first kappa shape index (κ1) is 17.3. The SMILES string of the molecule is O=C(COc1ccc(Br)c2ccccc12)N/N=C\c1c[nH]c2ccccc12. The Hall–Kier alpha value is -3.12. The Morgan fingerprint density at radius 1 is 1.04 bits per heavy atom. The van der Waals surface area contributed by atoms with Crippen LogP contribution in [0.15, 0.2) is 76.4 Å². The van der Waals surface area contributed by atoms with Gasteiger partial charge in [-0.15, -0.1) is 0 Å². The van der Waals surface area contributed by atoms with Gasteiger partial charge in [0.2, 0.25) is 0 Å². The molecule has 0 saturated carbocycles. The number of nitrogens with zero attached hydrogens (tertiary/aromatic N) is 1. The fraction of sp³-hybridized carbons (Fsp3) is 0.0476. The second-order valence-electron chi connectivity index (χ2n) is 5.96. The molecule has 0 aliphatic rings. The number of carbonyl (C=O) groups excluding carboxylic acids is 1. The van der Waals surface area contributed by atoms with Crippen LogP contribution in [-0.4, -0.2) is 23.7 Å². The van der Waals surface area contributed by atoms with Gasteiger partial charge in [0, 0.05) is 32.5 Å². The van der Waals surface area contributed by atoms with Crippen molar-refractivity contribution in [1.82, 2.24) is 10.4 Å². The van der Waals surface area contributed by atoms with Crippen LogP contribution in [0.25, 0.3) is 21.7 Å². The maximum Gasteiger partial charge on any atom is 0.277 e. The standard InChI is InChI=1S/C21H16BrN3O2/c22-18-9-10-20(17-7-2-1-6-16(17)18)27-13-21(26)25-24-12-14-11-23-19-8-4-3-5-15(14)19/h1-12,23H,13H2,(H,25,26)/b24-12-. The summed E-state index contributed by atoms with van der Waals surface area (Å²) < 4.78 is 6.67. The number of ether oxygens (including phenoxy) is 1. The van der Waals surface area contributed by atoms with Crippen molar-refractivity contribution in [2.75, 3.05) is 6.61 Å². The van der Waals surface area contributed by atoms with Crippen LogP contribution in [0, 0.1) is 0 Å². The lowest BCUT2D eigenvalue weighted by Crippen LogP contribution is -2.24. The normalized spacial score (nSPS) is 11.3. The summed E-state index contributed by atoms with van der Waals surface area (Å²) in [6, 6.07) is 19.5. The second-order valence-corrected chi connectivity index (χ2v) is 6.82. The summed E-state index contributed by atoms with van der Waals surface area (Å²) in [5.41, 5.74) is 4.43. The number of aromatic nitrogens is 1. The van der Waals surface area contributed by atoms with Crippen LogP contribution in [0.5, 0.6) is 5.75 Å². The van der Waals surface area contributed by atoms with Gasteiger partial charge in [0.15, 0.2) is 6.61 Å². The van der Waals surface area contributed by atoms with Crippen LogP contribution >= 0.6 is 15.9 Å². The molecule has 1 aromatic heterocycles. The topological polar surface area (TPSA) is 66.5 Å². The van der Waals surface area contributed by atoms with Gasteiger partial charge in [-0.1, -0.05) is 58.4 Å². The monoisotopic (exact) mass is 421 g/mol. The van der Waals surface area contributed by atoms with Gasteiger partial charge in [0.1, 0.15) is 5.75 Å². The Morgan fingerprint density at radius 2 is 1.78 bits per heavy atom. The Balaban J connectivity index is 1.40. The maximum absolute atomic E-state index is 12.0. The van der Waals surface area contributed by atoms with Gasteiger partial charge < -0.3 is 9.72 Å². The number of rotatable bonds is 5. The molecule has 0 saturated heterocycles. The van der Waals surface area contributed by atoms with E-state index in [1.165, 1.54) is 0 Å². The fourth-order valence-electron chi connectivity index (χ4n) is 2.91. The van der Waals surface area contributed by atoms with E-state index in [1.807, 2.05) is 66.9 Å². The van der Waals surface area contributed by atoms with E-state index in [-0.39, 0.29) is 12.5 Å². The van der Waals surface area contributed by atoms with Crippen molar-refractivity contribution in [3.8, 4) is 5.75 Å². The quantitative estimate of drug-likeness (QED) is 0.364. The zero-order valence-electron chi connectivity index (χ0n) is 14.3. The van der Waals surface area contributed by atoms with Gasteiger partial charge in [-0.25, -0.2) is 5.43 Å². The molecule has 0 radical (unpaired) electrons. The number of halogens is 1. The largest absolute Gasteiger partial charge is 0.483 e. The fourth-order valence-corrected chi connectivity index (χ4v) is 3.39. The van der Waals surface area contributed by atoms with Crippen LogP contribution in [0.2, 0.25) is 0 Å². The number of para-hydroxylation sites is 1. The van der Waals surface area contributed by atoms with Gasteiger partial charge in [-0.05, 0) is 23.6 Å². The molecule has 5 nitrogen and oxygen atoms in total. The van der Waals surface area contributed by atoms with E-state index in [4.69, 9.17) is 4.74 Å². The number of hydrazone groups is 1. The average molecular weight is 422 g/mol. The lowest BCUT2D eigenvalue weighted by molar-refractivity contribution is -0.123. The minimum Gasteiger partial charge on any atom is -0.483 e. The van der Waals surface area contributed by atoms with E-state index in [0.29, 0.717) is 5.75 Å². The molecule has 134 valence electrons. The van der Waals surface area contributed by atoms with E-state index >= 15 is 0 Å². The molecule has 6 heteroatoms. The molecule has 0 bridgehead atoms. The number of amides is 1. The molecule has 1 amide bonds. The van der Waals surface area contributed by atoms with Crippen molar-refractivity contribution in [3.63, 3.8) is 0 Å². The van der Waals surface area contributed by atoms with Crippen molar-refractivity contribution >= 4 is 49.7 Å². The van der Waals surface area contributed by atoms with Crippen LogP contribution in [0.4, 0.5) is 0 Å². The molecule has 0 aliphatic heterocycles. The van der Waals surface area contributed by atoms with Gasteiger partial charge in [-0.3, -0.25) is 4.79 Å². The maximum atomic E-state index is 12.0. The van der Waals surface area contributed by atoms with E-state index in [2.05, 4.69) is 31.4 Å². The minimum absolute atomic E-state index is 0.114. The minimum atomic E-state index is -0.321. The zero-order chi connectivity index (χ0) is 18.6. The predicted octanol–water partition coefficient (Wildman–Crippen LogP) is 4.61. The lowest BCUT2D eigenvalue weighted by Gasteiger charge is -2.09. The number of aromatic amines is 1. The molecule has 0 unspecified atom stereocenters. The molecule has 1 heterocycles. The molecule has 4 aromatic rings. The van der Waals surface area contributed by atoms with Crippen molar-refractivity contribution in [3.05, 3.63) is 76.9 Å². The van der Waals surface area contributed by atoms with Crippen molar-refractivity contribution in [2.45, 2.75) is 0 Å². The third-order valence-electron chi connectivity index (χ3n) is 4.20. The summed E-state index contributed by atoms with van der Waals surface area (Å²) in [4.78, 5) is 15.2.